The van der Waals surface area contributed by atoms with Crippen LogP contribution in [0.5, 0.6) is 0 Å². The van der Waals surface area contributed by atoms with Crippen molar-refractivity contribution in [2.45, 2.75) is 58.5 Å². The first-order chi connectivity index (χ1) is 9.36. The molecule has 118 valence electrons. The lowest BCUT2D eigenvalue weighted by atomic mass is 9.98. The molecule has 2 amide bonds. The van der Waals surface area contributed by atoms with Crippen molar-refractivity contribution in [3.63, 3.8) is 0 Å². The topological polar surface area (TPSA) is 64.6 Å². The van der Waals surface area contributed by atoms with E-state index in [1.807, 2.05) is 13.8 Å². The number of amides is 2. The number of carbonyl (C=O) groups excluding carboxylic acids is 1. The second kappa shape index (κ2) is 7.84. The minimum atomic E-state index is -0.150. The molecule has 0 radical (unpaired) electrons. The lowest BCUT2D eigenvalue weighted by molar-refractivity contribution is 0.0956. The number of carbonyl (C=O) groups is 1. The van der Waals surface area contributed by atoms with Gasteiger partial charge in [0.15, 0.2) is 0 Å². The Hall–Kier alpha value is -0.810. The Morgan fingerprint density at radius 3 is 2.40 bits per heavy atom. The van der Waals surface area contributed by atoms with Gasteiger partial charge >= 0.3 is 6.03 Å². The van der Waals surface area contributed by atoms with Gasteiger partial charge in [0.2, 0.25) is 0 Å². The third-order valence-corrected chi connectivity index (χ3v) is 4.39. The van der Waals surface area contributed by atoms with E-state index in [9.17, 15) is 4.79 Å². The predicted molar refractivity (Wildman–Crippen MR) is 81.7 cm³/mol. The maximum atomic E-state index is 11.9. The predicted octanol–water partition coefficient (Wildman–Crippen LogP) is 1.57. The molecule has 1 saturated heterocycles. The van der Waals surface area contributed by atoms with Gasteiger partial charge in [-0.2, -0.15) is 0 Å². The second-order valence-corrected chi connectivity index (χ2v) is 6.64. The number of hydrogen-bond acceptors (Lipinski definition) is 3. The van der Waals surface area contributed by atoms with Gasteiger partial charge in [0.1, 0.15) is 0 Å². The molecule has 2 unspecified atom stereocenters. The minimum Gasteiger partial charge on any atom is -0.396 e. The van der Waals surface area contributed by atoms with E-state index in [1.165, 1.54) is 19.3 Å². The van der Waals surface area contributed by atoms with Crippen LogP contribution in [0.4, 0.5) is 4.79 Å². The van der Waals surface area contributed by atoms with Gasteiger partial charge in [0.25, 0.3) is 0 Å². The van der Waals surface area contributed by atoms with E-state index in [2.05, 4.69) is 29.4 Å². The van der Waals surface area contributed by atoms with Gasteiger partial charge in [-0.15, -0.1) is 0 Å². The van der Waals surface area contributed by atoms with Crippen LogP contribution in [0.1, 0.15) is 47.0 Å². The van der Waals surface area contributed by atoms with Crippen LogP contribution < -0.4 is 10.6 Å². The Labute approximate surface area is 123 Å². The Morgan fingerprint density at radius 1 is 1.25 bits per heavy atom. The van der Waals surface area contributed by atoms with Crippen LogP contribution in [0.25, 0.3) is 0 Å². The molecule has 0 aliphatic carbocycles. The van der Waals surface area contributed by atoms with Crippen molar-refractivity contribution in [1.82, 2.24) is 15.5 Å². The monoisotopic (exact) mass is 285 g/mol. The molecule has 0 aromatic heterocycles. The SMILES string of the molecule is CC(CO)C(C)NC(=O)NCC(C)(C)N1CCCCC1. The smallest absolute Gasteiger partial charge is 0.315 e. The summed E-state index contributed by atoms with van der Waals surface area (Å²) in [5.41, 5.74) is -0.0103. The summed E-state index contributed by atoms with van der Waals surface area (Å²) in [6, 6.07) is -0.180. The van der Waals surface area contributed by atoms with Crippen LogP contribution in [0, 0.1) is 5.92 Å². The summed E-state index contributed by atoms with van der Waals surface area (Å²) in [7, 11) is 0. The third kappa shape index (κ3) is 5.29. The molecule has 1 aliphatic rings. The molecule has 0 aromatic carbocycles. The van der Waals surface area contributed by atoms with Crippen molar-refractivity contribution in [2.24, 2.45) is 5.92 Å². The number of aliphatic hydroxyl groups excluding tert-OH is 1. The molecule has 5 heteroatoms. The van der Waals surface area contributed by atoms with Crippen molar-refractivity contribution >= 4 is 6.03 Å². The summed E-state index contributed by atoms with van der Waals surface area (Å²) in [4.78, 5) is 14.3. The Bertz CT molecular complexity index is 301. The van der Waals surface area contributed by atoms with E-state index in [0.29, 0.717) is 6.54 Å². The molecule has 0 bridgehead atoms. The van der Waals surface area contributed by atoms with E-state index >= 15 is 0 Å². The molecule has 0 aromatic rings. The van der Waals surface area contributed by atoms with Gasteiger partial charge in [0, 0.05) is 24.7 Å². The van der Waals surface area contributed by atoms with Crippen molar-refractivity contribution in [3.8, 4) is 0 Å². The highest BCUT2D eigenvalue weighted by Crippen LogP contribution is 2.19. The molecular formula is C15H31N3O2. The van der Waals surface area contributed by atoms with E-state index in [1.54, 1.807) is 0 Å². The van der Waals surface area contributed by atoms with E-state index in [4.69, 9.17) is 5.11 Å². The van der Waals surface area contributed by atoms with Crippen LogP contribution in [-0.4, -0.2) is 53.9 Å². The number of likely N-dealkylation sites (tertiary alicyclic amines) is 1. The first-order valence-corrected chi connectivity index (χ1v) is 7.77. The zero-order valence-electron chi connectivity index (χ0n) is 13.4. The number of nitrogens with zero attached hydrogens (tertiary/aromatic N) is 1. The van der Waals surface area contributed by atoms with Crippen LogP contribution in [-0.2, 0) is 0 Å². The normalized spacial score (nSPS) is 20.2. The lowest BCUT2D eigenvalue weighted by Gasteiger charge is -2.41. The number of hydrogen-bond donors (Lipinski definition) is 3. The molecule has 0 spiro atoms. The van der Waals surface area contributed by atoms with Gasteiger partial charge in [-0.25, -0.2) is 4.79 Å². The number of rotatable bonds is 6. The number of nitrogens with one attached hydrogen (secondary N) is 2. The molecule has 1 fully saturated rings. The molecule has 3 N–H and O–H groups in total. The highest BCUT2D eigenvalue weighted by molar-refractivity contribution is 5.74. The highest BCUT2D eigenvalue weighted by Gasteiger charge is 2.28. The molecule has 5 nitrogen and oxygen atoms in total. The fourth-order valence-electron chi connectivity index (χ4n) is 2.47. The quantitative estimate of drug-likeness (QED) is 0.694. The van der Waals surface area contributed by atoms with Crippen molar-refractivity contribution in [2.75, 3.05) is 26.2 Å². The molecule has 1 heterocycles. The molecule has 1 rings (SSSR count). The van der Waals surface area contributed by atoms with Gasteiger partial charge < -0.3 is 15.7 Å². The van der Waals surface area contributed by atoms with Crippen molar-refractivity contribution < 1.29 is 9.90 Å². The lowest BCUT2D eigenvalue weighted by Crippen LogP contribution is -2.55. The van der Waals surface area contributed by atoms with Gasteiger partial charge in [-0.3, -0.25) is 4.90 Å². The van der Waals surface area contributed by atoms with Crippen LogP contribution in [0.2, 0.25) is 0 Å². The Balaban J connectivity index is 2.35. The van der Waals surface area contributed by atoms with E-state index in [0.717, 1.165) is 13.1 Å². The van der Waals surface area contributed by atoms with Crippen molar-refractivity contribution in [1.29, 1.82) is 0 Å². The molecule has 20 heavy (non-hydrogen) atoms. The summed E-state index contributed by atoms with van der Waals surface area (Å²) >= 11 is 0. The fraction of sp³-hybridized carbons (Fsp3) is 0.933. The van der Waals surface area contributed by atoms with Crippen LogP contribution in [0.3, 0.4) is 0 Å². The third-order valence-electron chi connectivity index (χ3n) is 4.39. The maximum absolute atomic E-state index is 11.9. The van der Waals surface area contributed by atoms with E-state index < -0.39 is 0 Å². The largest absolute Gasteiger partial charge is 0.396 e. The zero-order valence-corrected chi connectivity index (χ0v) is 13.4. The summed E-state index contributed by atoms with van der Waals surface area (Å²) in [5.74, 6) is 0.0656. The second-order valence-electron chi connectivity index (χ2n) is 6.64. The van der Waals surface area contributed by atoms with Gasteiger partial charge in [-0.05, 0) is 52.6 Å². The first-order valence-electron chi connectivity index (χ1n) is 7.77. The first kappa shape index (κ1) is 17.2. The van der Waals surface area contributed by atoms with E-state index in [-0.39, 0.29) is 30.1 Å². The molecule has 1 aliphatic heterocycles. The van der Waals surface area contributed by atoms with Gasteiger partial charge in [-0.1, -0.05) is 13.3 Å². The molecule has 2 atom stereocenters. The fourth-order valence-corrected chi connectivity index (χ4v) is 2.47. The molecule has 0 saturated carbocycles. The number of aliphatic hydroxyl groups is 1. The van der Waals surface area contributed by atoms with Crippen LogP contribution >= 0.6 is 0 Å². The van der Waals surface area contributed by atoms with Gasteiger partial charge in [0.05, 0.1) is 0 Å². The zero-order chi connectivity index (χ0) is 15.2. The average Bonchev–Trinajstić information content (AvgIpc) is 2.45. The summed E-state index contributed by atoms with van der Waals surface area (Å²) < 4.78 is 0. The summed E-state index contributed by atoms with van der Waals surface area (Å²) in [6.07, 6.45) is 3.82. The number of piperidine rings is 1. The maximum Gasteiger partial charge on any atom is 0.315 e. The Morgan fingerprint density at radius 2 is 1.85 bits per heavy atom. The summed E-state index contributed by atoms with van der Waals surface area (Å²) in [6.45, 7) is 11.2. The minimum absolute atomic E-state index is 0.0103. The van der Waals surface area contributed by atoms with Crippen LogP contribution in [0.15, 0.2) is 0 Å². The average molecular weight is 285 g/mol. The summed E-state index contributed by atoms with van der Waals surface area (Å²) in [5, 5.41) is 14.9. The molecular weight excluding hydrogens is 254 g/mol. The standard InChI is InChI=1S/C15H31N3O2/c1-12(10-19)13(2)17-14(20)16-11-15(3,4)18-8-6-5-7-9-18/h12-13,19H,5-11H2,1-4H3,(H2,16,17,20). The van der Waals surface area contributed by atoms with Crippen molar-refractivity contribution in [3.05, 3.63) is 0 Å². The highest BCUT2D eigenvalue weighted by atomic mass is 16.3. The number of urea groups is 1. The Kier molecular flexibility index (Phi) is 6.76.